The number of nitrogens with two attached hydrogens (primary N) is 1. The van der Waals surface area contributed by atoms with E-state index in [1.807, 2.05) is 4.90 Å². The van der Waals surface area contributed by atoms with Crippen LogP contribution >= 0.6 is 0 Å². The molecule has 0 radical (unpaired) electrons. The average molecular weight is 244 g/mol. The quantitative estimate of drug-likeness (QED) is 0.883. The van der Waals surface area contributed by atoms with Crippen LogP contribution < -0.4 is 10.6 Å². The standard InChI is InChI=1S/C15H20N2O/c1-10(4-6-16)13-8-11-2-3-14(18)17-7-5-12(9-13)15(11)17/h8-10H,2-7,16H2,1H3. The largest absolute Gasteiger partial charge is 0.330 e. The third-order valence-corrected chi connectivity index (χ3v) is 4.24. The van der Waals surface area contributed by atoms with Crippen molar-refractivity contribution in [2.24, 2.45) is 5.73 Å². The highest BCUT2D eigenvalue weighted by molar-refractivity contribution is 5.98. The summed E-state index contributed by atoms with van der Waals surface area (Å²) >= 11 is 0. The highest BCUT2D eigenvalue weighted by Crippen LogP contribution is 2.39. The first-order chi connectivity index (χ1) is 8.70. The molecule has 0 aromatic heterocycles. The second-order valence-corrected chi connectivity index (χ2v) is 5.46. The molecule has 0 fully saturated rings. The number of carbonyl (C=O) groups excluding carboxylic acids is 1. The lowest BCUT2D eigenvalue weighted by Gasteiger charge is -2.26. The zero-order chi connectivity index (χ0) is 12.7. The lowest BCUT2D eigenvalue weighted by molar-refractivity contribution is -0.118. The summed E-state index contributed by atoms with van der Waals surface area (Å²) in [5.74, 6) is 0.812. The molecule has 1 amide bonds. The van der Waals surface area contributed by atoms with Crippen LogP contribution in [0.1, 0.15) is 42.4 Å². The van der Waals surface area contributed by atoms with Gasteiger partial charge >= 0.3 is 0 Å². The molecule has 2 aliphatic rings. The van der Waals surface area contributed by atoms with Crippen molar-refractivity contribution in [3.05, 3.63) is 28.8 Å². The van der Waals surface area contributed by atoms with E-state index in [4.69, 9.17) is 5.73 Å². The summed E-state index contributed by atoms with van der Waals surface area (Å²) < 4.78 is 0. The van der Waals surface area contributed by atoms with Gasteiger partial charge in [0.15, 0.2) is 0 Å². The SMILES string of the molecule is CC(CCN)c1cc2c3c(c1)CCN3C(=O)CC2. The number of nitrogens with zero attached hydrogens (tertiary/aromatic N) is 1. The summed E-state index contributed by atoms with van der Waals surface area (Å²) in [7, 11) is 0. The third-order valence-electron chi connectivity index (χ3n) is 4.24. The predicted molar refractivity (Wildman–Crippen MR) is 72.9 cm³/mol. The molecule has 1 atom stereocenters. The normalized spacial score (nSPS) is 19.0. The fourth-order valence-corrected chi connectivity index (χ4v) is 3.19. The maximum absolute atomic E-state index is 11.9. The van der Waals surface area contributed by atoms with Crippen LogP contribution in [-0.4, -0.2) is 19.0 Å². The van der Waals surface area contributed by atoms with Crippen molar-refractivity contribution < 1.29 is 4.79 Å². The van der Waals surface area contributed by atoms with Gasteiger partial charge in [0.1, 0.15) is 0 Å². The molecule has 1 unspecified atom stereocenters. The Kier molecular flexibility index (Phi) is 2.86. The van der Waals surface area contributed by atoms with Crippen molar-refractivity contribution in [2.75, 3.05) is 18.0 Å². The summed E-state index contributed by atoms with van der Waals surface area (Å²) in [6.07, 6.45) is 3.61. The first kappa shape index (κ1) is 11.7. The first-order valence-corrected chi connectivity index (χ1v) is 6.87. The molecule has 3 rings (SSSR count). The van der Waals surface area contributed by atoms with Gasteiger partial charge in [-0.25, -0.2) is 0 Å². The molecule has 96 valence electrons. The number of benzene rings is 1. The lowest BCUT2D eigenvalue weighted by atomic mass is 9.90. The Bertz CT molecular complexity index is 496. The average Bonchev–Trinajstić information content (AvgIpc) is 2.79. The Labute approximate surface area is 108 Å². The second kappa shape index (κ2) is 4.39. The summed E-state index contributed by atoms with van der Waals surface area (Å²) in [5, 5.41) is 0. The third kappa shape index (κ3) is 1.74. The Morgan fingerprint density at radius 1 is 1.28 bits per heavy atom. The van der Waals surface area contributed by atoms with E-state index in [1.54, 1.807) is 0 Å². The first-order valence-electron chi connectivity index (χ1n) is 6.87. The molecule has 18 heavy (non-hydrogen) atoms. The fraction of sp³-hybridized carbons (Fsp3) is 0.533. The van der Waals surface area contributed by atoms with Crippen LogP contribution in [0.5, 0.6) is 0 Å². The van der Waals surface area contributed by atoms with Gasteiger partial charge in [0.2, 0.25) is 5.91 Å². The molecule has 3 heteroatoms. The lowest BCUT2D eigenvalue weighted by Crippen LogP contribution is -2.32. The molecular formula is C15H20N2O. The van der Waals surface area contributed by atoms with E-state index in [9.17, 15) is 4.79 Å². The smallest absolute Gasteiger partial charge is 0.227 e. The van der Waals surface area contributed by atoms with Gasteiger partial charge in [0.25, 0.3) is 0 Å². The van der Waals surface area contributed by atoms with E-state index in [-0.39, 0.29) is 0 Å². The number of carbonyl (C=O) groups is 1. The minimum absolute atomic E-state index is 0.295. The maximum atomic E-state index is 11.9. The van der Waals surface area contributed by atoms with Gasteiger partial charge in [-0.05, 0) is 48.4 Å². The zero-order valence-electron chi connectivity index (χ0n) is 10.9. The monoisotopic (exact) mass is 244 g/mol. The summed E-state index contributed by atoms with van der Waals surface area (Å²) in [6.45, 7) is 3.84. The van der Waals surface area contributed by atoms with Crippen LogP contribution in [0.3, 0.4) is 0 Å². The number of hydrogen-bond donors (Lipinski definition) is 1. The van der Waals surface area contributed by atoms with Crippen LogP contribution in [0, 0.1) is 0 Å². The van der Waals surface area contributed by atoms with Gasteiger partial charge in [-0.3, -0.25) is 4.79 Å². The molecule has 2 N–H and O–H groups in total. The topological polar surface area (TPSA) is 46.3 Å². The molecule has 2 aliphatic heterocycles. The minimum Gasteiger partial charge on any atom is -0.330 e. The molecule has 1 aromatic carbocycles. The number of hydrogen-bond acceptors (Lipinski definition) is 2. The van der Waals surface area contributed by atoms with Crippen molar-refractivity contribution in [1.82, 2.24) is 0 Å². The van der Waals surface area contributed by atoms with E-state index in [0.29, 0.717) is 18.2 Å². The number of aryl methyl sites for hydroxylation is 1. The summed E-state index contributed by atoms with van der Waals surface area (Å²) in [6, 6.07) is 4.58. The highest BCUT2D eigenvalue weighted by Gasteiger charge is 2.31. The van der Waals surface area contributed by atoms with E-state index < -0.39 is 0 Å². The predicted octanol–water partition coefficient (Wildman–Crippen LogP) is 1.97. The molecular weight excluding hydrogens is 224 g/mol. The van der Waals surface area contributed by atoms with E-state index >= 15 is 0 Å². The summed E-state index contributed by atoms with van der Waals surface area (Å²) in [5.41, 5.74) is 11.0. The van der Waals surface area contributed by atoms with Crippen molar-refractivity contribution in [1.29, 1.82) is 0 Å². The van der Waals surface area contributed by atoms with Gasteiger partial charge < -0.3 is 10.6 Å². The Balaban J connectivity index is 2.02. The Morgan fingerprint density at radius 3 is 2.72 bits per heavy atom. The molecule has 0 saturated heterocycles. The number of anilines is 1. The fourth-order valence-electron chi connectivity index (χ4n) is 3.19. The van der Waals surface area contributed by atoms with E-state index in [0.717, 1.165) is 32.4 Å². The molecule has 0 spiro atoms. The Morgan fingerprint density at radius 2 is 2.00 bits per heavy atom. The highest BCUT2D eigenvalue weighted by atomic mass is 16.2. The second-order valence-electron chi connectivity index (χ2n) is 5.46. The van der Waals surface area contributed by atoms with Crippen LogP contribution in [0.15, 0.2) is 12.1 Å². The van der Waals surface area contributed by atoms with Crippen molar-refractivity contribution >= 4 is 11.6 Å². The van der Waals surface area contributed by atoms with Crippen molar-refractivity contribution in [2.45, 2.75) is 38.5 Å². The zero-order valence-corrected chi connectivity index (χ0v) is 10.9. The van der Waals surface area contributed by atoms with Crippen molar-refractivity contribution in [3.8, 4) is 0 Å². The molecule has 2 heterocycles. The summed E-state index contributed by atoms with van der Waals surface area (Å²) in [4.78, 5) is 13.8. The van der Waals surface area contributed by atoms with Crippen molar-refractivity contribution in [3.63, 3.8) is 0 Å². The van der Waals surface area contributed by atoms with E-state index in [2.05, 4.69) is 19.1 Å². The van der Waals surface area contributed by atoms with Crippen LogP contribution in [-0.2, 0) is 17.6 Å². The van der Waals surface area contributed by atoms with Gasteiger partial charge in [-0.2, -0.15) is 0 Å². The molecule has 0 saturated carbocycles. The molecule has 0 aliphatic carbocycles. The number of rotatable bonds is 3. The number of amides is 1. The van der Waals surface area contributed by atoms with E-state index in [1.165, 1.54) is 22.4 Å². The molecule has 3 nitrogen and oxygen atoms in total. The minimum atomic E-state index is 0.295. The maximum Gasteiger partial charge on any atom is 0.227 e. The van der Waals surface area contributed by atoms with Crippen LogP contribution in [0.4, 0.5) is 5.69 Å². The molecule has 1 aromatic rings. The van der Waals surface area contributed by atoms with Gasteiger partial charge in [0, 0.05) is 13.0 Å². The molecule has 0 bridgehead atoms. The van der Waals surface area contributed by atoms with Gasteiger partial charge in [-0.15, -0.1) is 0 Å². The van der Waals surface area contributed by atoms with Crippen LogP contribution in [0.25, 0.3) is 0 Å². The van der Waals surface area contributed by atoms with Gasteiger partial charge in [-0.1, -0.05) is 19.1 Å². The Hall–Kier alpha value is -1.35. The van der Waals surface area contributed by atoms with Gasteiger partial charge in [0.05, 0.1) is 5.69 Å². The van der Waals surface area contributed by atoms with Crippen LogP contribution in [0.2, 0.25) is 0 Å².